The molecular weight excluding hydrogens is 272 g/mol. The van der Waals surface area contributed by atoms with Crippen LogP contribution in [0.15, 0.2) is 33.7 Å². The summed E-state index contributed by atoms with van der Waals surface area (Å²) in [6, 6.07) is 1.24. The molecule has 0 aliphatic heterocycles. The SMILES string of the molecule is CCCn1cc(/C=C/C(=O)c2c(O)cc(C)oc2=O)cn1. The highest BCUT2D eigenvalue weighted by Gasteiger charge is 2.15. The molecule has 0 unspecified atom stereocenters. The van der Waals surface area contributed by atoms with Gasteiger partial charge in [-0.2, -0.15) is 5.10 Å². The number of aromatic nitrogens is 2. The zero-order valence-electron chi connectivity index (χ0n) is 11.9. The molecule has 6 heteroatoms. The van der Waals surface area contributed by atoms with Crippen molar-refractivity contribution < 1.29 is 14.3 Å². The lowest BCUT2D eigenvalue weighted by molar-refractivity contribution is 0.104. The van der Waals surface area contributed by atoms with E-state index in [0.29, 0.717) is 0 Å². The van der Waals surface area contributed by atoms with Crippen molar-refractivity contribution in [2.24, 2.45) is 0 Å². The number of aryl methyl sites for hydroxylation is 2. The molecule has 2 aromatic rings. The van der Waals surface area contributed by atoms with Gasteiger partial charge in [0.15, 0.2) is 5.78 Å². The number of carbonyl (C=O) groups excluding carboxylic acids is 1. The van der Waals surface area contributed by atoms with Crippen LogP contribution in [0.2, 0.25) is 0 Å². The van der Waals surface area contributed by atoms with E-state index < -0.39 is 11.4 Å². The Labute approximate surface area is 121 Å². The van der Waals surface area contributed by atoms with Crippen LogP contribution in [0.3, 0.4) is 0 Å². The molecule has 0 amide bonds. The minimum Gasteiger partial charge on any atom is -0.507 e. The third kappa shape index (κ3) is 3.47. The Morgan fingerprint density at radius 1 is 1.52 bits per heavy atom. The van der Waals surface area contributed by atoms with Crippen LogP contribution >= 0.6 is 0 Å². The predicted molar refractivity (Wildman–Crippen MR) is 77.3 cm³/mol. The van der Waals surface area contributed by atoms with Gasteiger partial charge in [-0.05, 0) is 25.5 Å². The summed E-state index contributed by atoms with van der Waals surface area (Å²) in [4.78, 5) is 23.6. The lowest BCUT2D eigenvalue weighted by Crippen LogP contribution is -2.12. The highest BCUT2D eigenvalue weighted by Crippen LogP contribution is 2.15. The molecule has 0 aliphatic rings. The Hall–Kier alpha value is -2.63. The van der Waals surface area contributed by atoms with Crippen molar-refractivity contribution in [1.82, 2.24) is 9.78 Å². The van der Waals surface area contributed by atoms with Crippen molar-refractivity contribution in [2.45, 2.75) is 26.8 Å². The van der Waals surface area contributed by atoms with E-state index in [1.165, 1.54) is 19.1 Å². The zero-order chi connectivity index (χ0) is 15.4. The van der Waals surface area contributed by atoms with E-state index >= 15 is 0 Å². The van der Waals surface area contributed by atoms with Crippen LogP contribution in [0, 0.1) is 6.92 Å². The van der Waals surface area contributed by atoms with Crippen molar-refractivity contribution in [3.8, 4) is 5.75 Å². The van der Waals surface area contributed by atoms with Gasteiger partial charge in [-0.1, -0.05) is 6.92 Å². The summed E-state index contributed by atoms with van der Waals surface area (Å²) in [5, 5.41) is 13.8. The van der Waals surface area contributed by atoms with Crippen LogP contribution in [0.4, 0.5) is 0 Å². The fourth-order valence-electron chi connectivity index (χ4n) is 1.90. The Balaban J connectivity index is 2.21. The first kappa shape index (κ1) is 14.8. The number of aromatic hydroxyl groups is 1. The molecule has 2 rings (SSSR count). The monoisotopic (exact) mass is 288 g/mol. The average Bonchev–Trinajstić information content (AvgIpc) is 2.83. The minimum atomic E-state index is -0.844. The van der Waals surface area contributed by atoms with Crippen LogP contribution in [-0.4, -0.2) is 20.7 Å². The second kappa shape index (κ2) is 6.21. The van der Waals surface area contributed by atoms with Crippen molar-refractivity contribution >= 4 is 11.9 Å². The fourth-order valence-corrected chi connectivity index (χ4v) is 1.90. The summed E-state index contributed by atoms with van der Waals surface area (Å²) in [7, 11) is 0. The van der Waals surface area contributed by atoms with Gasteiger partial charge in [-0.25, -0.2) is 4.79 Å². The molecule has 0 aliphatic carbocycles. The fraction of sp³-hybridized carbons (Fsp3) is 0.267. The quantitative estimate of drug-likeness (QED) is 0.673. The molecule has 0 atom stereocenters. The van der Waals surface area contributed by atoms with Crippen LogP contribution in [0.5, 0.6) is 5.75 Å². The molecule has 0 saturated carbocycles. The van der Waals surface area contributed by atoms with Gasteiger partial charge < -0.3 is 9.52 Å². The summed E-state index contributed by atoms with van der Waals surface area (Å²) in [6.07, 6.45) is 7.14. The molecule has 0 radical (unpaired) electrons. The Morgan fingerprint density at radius 2 is 2.29 bits per heavy atom. The molecule has 110 valence electrons. The lowest BCUT2D eigenvalue weighted by atomic mass is 10.1. The van der Waals surface area contributed by atoms with E-state index in [-0.39, 0.29) is 17.1 Å². The molecule has 0 bridgehead atoms. The largest absolute Gasteiger partial charge is 0.507 e. The summed E-state index contributed by atoms with van der Waals surface area (Å²) in [5.74, 6) is -0.733. The maximum atomic E-state index is 12.0. The number of hydrogen-bond donors (Lipinski definition) is 1. The molecule has 0 saturated heterocycles. The number of carbonyl (C=O) groups is 1. The number of allylic oxidation sites excluding steroid dienone is 1. The van der Waals surface area contributed by atoms with Crippen molar-refractivity contribution in [3.63, 3.8) is 0 Å². The van der Waals surface area contributed by atoms with Crippen LogP contribution in [-0.2, 0) is 6.54 Å². The molecule has 1 N–H and O–H groups in total. The van der Waals surface area contributed by atoms with E-state index in [0.717, 1.165) is 18.5 Å². The number of rotatable bonds is 5. The second-order valence-corrected chi connectivity index (χ2v) is 4.64. The van der Waals surface area contributed by atoms with E-state index in [1.807, 2.05) is 6.92 Å². The van der Waals surface area contributed by atoms with E-state index in [2.05, 4.69) is 5.10 Å². The first-order valence-corrected chi connectivity index (χ1v) is 6.60. The van der Waals surface area contributed by atoms with Crippen LogP contribution in [0.1, 0.15) is 35.0 Å². The third-order valence-electron chi connectivity index (χ3n) is 2.83. The average molecular weight is 288 g/mol. The zero-order valence-corrected chi connectivity index (χ0v) is 11.9. The van der Waals surface area contributed by atoms with Gasteiger partial charge in [-0.3, -0.25) is 9.48 Å². The maximum Gasteiger partial charge on any atom is 0.351 e. The minimum absolute atomic E-state index is 0.249. The highest BCUT2D eigenvalue weighted by molar-refractivity contribution is 6.08. The first-order valence-electron chi connectivity index (χ1n) is 6.60. The predicted octanol–water partition coefficient (Wildman–Crippen LogP) is 2.16. The number of nitrogens with zero attached hydrogens (tertiary/aromatic N) is 2. The van der Waals surface area contributed by atoms with Crippen molar-refractivity contribution in [1.29, 1.82) is 0 Å². The molecule has 21 heavy (non-hydrogen) atoms. The summed E-state index contributed by atoms with van der Waals surface area (Å²) < 4.78 is 6.58. The molecule has 0 aromatic carbocycles. The Morgan fingerprint density at radius 3 is 2.95 bits per heavy atom. The van der Waals surface area contributed by atoms with Crippen LogP contribution < -0.4 is 5.63 Å². The normalized spacial score (nSPS) is 11.1. The van der Waals surface area contributed by atoms with Gasteiger partial charge in [0.1, 0.15) is 17.1 Å². The van der Waals surface area contributed by atoms with Gasteiger partial charge in [0.05, 0.1) is 6.20 Å². The van der Waals surface area contributed by atoms with Gasteiger partial charge in [0.2, 0.25) is 0 Å². The topological polar surface area (TPSA) is 85.3 Å². The van der Waals surface area contributed by atoms with Crippen molar-refractivity contribution in [2.75, 3.05) is 0 Å². The smallest absolute Gasteiger partial charge is 0.351 e. The van der Waals surface area contributed by atoms with E-state index in [4.69, 9.17) is 4.42 Å². The van der Waals surface area contributed by atoms with Gasteiger partial charge in [0, 0.05) is 24.4 Å². The lowest BCUT2D eigenvalue weighted by Gasteiger charge is -1.99. The summed E-state index contributed by atoms with van der Waals surface area (Å²) in [5.41, 5.74) is -0.464. The molecule has 0 spiro atoms. The van der Waals surface area contributed by atoms with Gasteiger partial charge in [0.25, 0.3) is 0 Å². The highest BCUT2D eigenvalue weighted by atomic mass is 16.4. The molecule has 2 heterocycles. The van der Waals surface area contributed by atoms with E-state index in [1.54, 1.807) is 23.2 Å². The summed E-state index contributed by atoms with van der Waals surface area (Å²) >= 11 is 0. The van der Waals surface area contributed by atoms with Crippen LogP contribution in [0.25, 0.3) is 6.08 Å². The standard InChI is InChI=1S/C15H16N2O4/c1-3-6-17-9-11(8-16-17)4-5-12(18)14-13(19)7-10(2)21-15(14)20/h4-5,7-9,19H,3,6H2,1-2H3/b5-4+. The van der Waals surface area contributed by atoms with Gasteiger partial charge >= 0.3 is 5.63 Å². The van der Waals surface area contributed by atoms with Crippen molar-refractivity contribution in [3.05, 3.63) is 51.8 Å². The van der Waals surface area contributed by atoms with Gasteiger partial charge in [-0.15, -0.1) is 0 Å². The molecular formula is C15H16N2O4. The molecule has 2 aromatic heterocycles. The first-order chi connectivity index (χ1) is 10.0. The van der Waals surface area contributed by atoms with E-state index in [9.17, 15) is 14.7 Å². The third-order valence-corrected chi connectivity index (χ3v) is 2.83. The molecule has 6 nitrogen and oxygen atoms in total. The Bertz CT molecular complexity index is 740. The maximum absolute atomic E-state index is 12.0. The Kier molecular flexibility index (Phi) is 4.37. The molecule has 0 fully saturated rings. The number of hydrogen-bond acceptors (Lipinski definition) is 5. The number of ketones is 1. The summed E-state index contributed by atoms with van der Waals surface area (Å²) in [6.45, 7) is 4.36. The second-order valence-electron chi connectivity index (χ2n) is 4.64.